The first-order valence-corrected chi connectivity index (χ1v) is 17.5. The Labute approximate surface area is 244 Å². The van der Waals surface area contributed by atoms with E-state index < -0.39 is 16.3 Å². The van der Waals surface area contributed by atoms with Crippen LogP contribution < -0.4 is 21.2 Å². The maximum atomic E-state index is 6.43. The molecule has 0 spiro atoms. The van der Waals surface area contributed by atoms with Crippen molar-refractivity contribution >= 4 is 37.5 Å². The zero-order valence-corrected chi connectivity index (χ0v) is 25.5. The molecule has 2 nitrogen and oxygen atoms in total. The summed E-state index contributed by atoms with van der Waals surface area (Å²) in [6.07, 6.45) is 12.8. The van der Waals surface area contributed by atoms with Crippen LogP contribution in [0.2, 0.25) is 0 Å². The van der Waals surface area contributed by atoms with Gasteiger partial charge >= 0.3 is 0 Å². The molecule has 0 aliphatic rings. The summed E-state index contributed by atoms with van der Waals surface area (Å²) in [5.74, 6) is 0. The summed E-state index contributed by atoms with van der Waals surface area (Å²) >= 11 is 0. The zero-order valence-electron chi connectivity index (χ0n) is 23.7. The fourth-order valence-electron chi connectivity index (χ4n) is 4.78. The van der Waals surface area contributed by atoms with E-state index in [2.05, 4.69) is 121 Å². The molecule has 0 aromatic heterocycles. The lowest BCUT2D eigenvalue weighted by Crippen LogP contribution is -2.14. The van der Waals surface area contributed by atoms with Crippen molar-refractivity contribution in [3.8, 4) is 0 Å². The molecule has 4 aromatic rings. The van der Waals surface area contributed by atoms with Gasteiger partial charge in [0.2, 0.25) is 0 Å². The van der Waals surface area contributed by atoms with Gasteiger partial charge in [0.05, 0.1) is 29.5 Å². The SMILES string of the molecule is c1ccc(P(OCCCCCCCCCCCCOP(c2ccccc2)c2ccccc2)c2ccccc2)cc1. The van der Waals surface area contributed by atoms with Gasteiger partial charge in [0.25, 0.3) is 0 Å². The van der Waals surface area contributed by atoms with Crippen LogP contribution in [0.3, 0.4) is 0 Å². The van der Waals surface area contributed by atoms with Crippen LogP contribution in [0.15, 0.2) is 121 Å². The molecule has 40 heavy (non-hydrogen) atoms. The predicted molar refractivity (Wildman–Crippen MR) is 176 cm³/mol. The molecule has 0 atom stereocenters. The third kappa shape index (κ3) is 10.9. The lowest BCUT2D eigenvalue weighted by Gasteiger charge is -2.18. The largest absolute Gasteiger partial charge is 0.350 e. The molecule has 0 radical (unpaired) electrons. The highest BCUT2D eigenvalue weighted by Crippen LogP contribution is 2.36. The molecule has 0 saturated carbocycles. The molecule has 0 aliphatic heterocycles. The van der Waals surface area contributed by atoms with Crippen molar-refractivity contribution in [3.63, 3.8) is 0 Å². The normalized spacial score (nSPS) is 11.3. The van der Waals surface area contributed by atoms with Crippen LogP contribution in [-0.2, 0) is 9.05 Å². The zero-order chi connectivity index (χ0) is 27.5. The van der Waals surface area contributed by atoms with Gasteiger partial charge in [-0.3, -0.25) is 0 Å². The van der Waals surface area contributed by atoms with E-state index in [4.69, 9.17) is 9.05 Å². The molecule has 0 saturated heterocycles. The van der Waals surface area contributed by atoms with Crippen molar-refractivity contribution in [1.82, 2.24) is 0 Å². The van der Waals surface area contributed by atoms with Gasteiger partial charge in [-0.05, 0) is 12.8 Å². The minimum absolute atomic E-state index is 0.726. The molecule has 0 amide bonds. The number of hydrogen-bond donors (Lipinski definition) is 0. The van der Waals surface area contributed by atoms with Crippen molar-refractivity contribution in [1.29, 1.82) is 0 Å². The summed E-state index contributed by atoms with van der Waals surface area (Å²) in [5, 5.41) is 5.18. The Morgan fingerprint density at radius 3 is 0.775 bits per heavy atom. The van der Waals surface area contributed by atoms with Crippen molar-refractivity contribution in [3.05, 3.63) is 121 Å². The van der Waals surface area contributed by atoms with Gasteiger partial charge in [0, 0.05) is 21.2 Å². The third-order valence-electron chi connectivity index (χ3n) is 6.94. The molecule has 0 bridgehead atoms. The lowest BCUT2D eigenvalue weighted by molar-refractivity contribution is 0.341. The quantitative estimate of drug-likeness (QED) is 0.0827. The highest BCUT2D eigenvalue weighted by Gasteiger charge is 2.15. The number of benzene rings is 4. The van der Waals surface area contributed by atoms with Gasteiger partial charge < -0.3 is 9.05 Å². The average Bonchev–Trinajstić information content (AvgIpc) is 3.03. The number of unbranched alkanes of at least 4 members (excludes halogenated alkanes) is 9. The average molecular weight is 571 g/mol. The van der Waals surface area contributed by atoms with Crippen molar-refractivity contribution in [2.45, 2.75) is 64.2 Å². The Kier molecular flexibility index (Phi) is 14.5. The predicted octanol–water partition coefficient (Wildman–Crippen LogP) is 9.02. The smallest absolute Gasteiger partial charge is 0.0917 e. The van der Waals surface area contributed by atoms with Crippen LogP contribution in [0.4, 0.5) is 0 Å². The van der Waals surface area contributed by atoms with E-state index in [9.17, 15) is 0 Å². The van der Waals surface area contributed by atoms with Crippen LogP contribution >= 0.6 is 16.3 Å². The van der Waals surface area contributed by atoms with Crippen LogP contribution in [0, 0.1) is 0 Å². The third-order valence-corrected chi connectivity index (χ3v) is 10.9. The number of rotatable bonds is 19. The first-order valence-electron chi connectivity index (χ1n) is 15.0. The van der Waals surface area contributed by atoms with E-state index in [-0.39, 0.29) is 0 Å². The second kappa shape index (κ2) is 18.9. The highest BCUT2D eigenvalue weighted by atomic mass is 31.1. The van der Waals surface area contributed by atoms with Crippen molar-refractivity contribution in [2.75, 3.05) is 13.2 Å². The van der Waals surface area contributed by atoms with Gasteiger partial charge in [-0.2, -0.15) is 0 Å². The fraction of sp³-hybridized carbons (Fsp3) is 0.333. The van der Waals surface area contributed by atoms with Crippen LogP contribution in [0.5, 0.6) is 0 Å². The molecule has 0 fully saturated rings. The van der Waals surface area contributed by atoms with Crippen LogP contribution in [0.25, 0.3) is 0 Å². The van der Waals surface area contributed by atoms with Crippen molar-refractivity contribution < 1.29 is 9.05 Å². The summed E-state index contributed by atoms with van der Waals surface area (Å²) in [6, 6.07) is 42.7. The van der Waals surface area contributed by atoms with E-state index >= 15 is 0 Å². The van der Waals surface area contributed by atoms with E-state index in [0.717, 1.165) is 26.1 Å². The maximum absolute atomic E-state index is 6.43. The Balaban J connectivity index is 1.02. The molecule has 4 rings (SSSR count). The van der Waals surface area contributed by atoms with Gasteiger partial charge in [-0.15, -0.1) is 0 Å². The van der Waals surface area contributed by atoms with Crippen LogP contribution in [-0.4, -0.2) is 13.2 Å². The molecular weight excluding hydrogens is 526 g/mol. The fourth-order valence-corrected chi connectivity index (χ4v) is 8.37. The van der Waals surface area contributed by atoms with Gasteiger partial charge in [-0.25, -0.2) is 0 Å². The highest BCUT2D eigenvalue weighted by molar-refractivity contribution is 7.68. The lowest BCUT2D eigenvalue weighted by atomic mass is 10.1. The molecule has 0 heterocycles. The van der Waals surface area contributed by atoms with Gasteiger partial charge in [0.1, 0.15) is 0 Å². The first-order chi connectivity index (χ1) is 19.9. The Hall–Kier alpha value is -2.34. The van der Waals surface area contributed by atoms with Crippen molar-refractivity contribution in [2.24, 2.45) is 0 Å². The molecule has 0 unspecified atom stereocenters. The standard InChI is InChI=1S/C36H44O2P2/c1(3-5-7-21-31-37-39(33-23-13-9-14-24-33)34-25-15-10-16-26-34)2-4-6-8-22-32-38-40(35-27-17-11-18-28-35)36-29-19-12-20-30-36/h9-20,23-30H,1-8,21-22,31-32H2. The van der Waals surface area contributed by atoms with E-state index in [1.54, 1.807) is 0 Å². The molecular formula is C36H44O2P2. The minimum atomic E-state index is -0.726. The maximum Gasteiger partial charge on any atom is 0.0917 e. The van der Waals surface area contributed by atoms with E-state index in [1.807, 2.05) is 0 Å². The van der Waals surface area contributed by atoms with E-state index in [1.165, 1.54) is 72.6 Å². The summed E-state index contributed by atoms with van der Waals surface area (Å²) in [7, 11) is -1.45. The summed E-state index contributed by atoms with van der Waals surface area (Å²) in [6.45, 7) is 1.68. The summed E-state index contributed by atoms with van der Waals surface area (Å²) in [5.41, 5.74) is 0. The Bertz CT molecular complexity index is 983. The molecule has 4 aromatic carbocycles. The van der Waals surface area contributed by atoms with Gasteiger partial charge in [-0.1, -0.05) is 173 Å². The van der Waals surface area contributed by atoms with E-state index in [0.29, 0.717) is 0 Å². The summed E-state index contributed by atoms with van der Waals surface area (Å²) < 4.78 is 12.9. The molecule has 210 valence electrons. The Morgan fingerprint density at radius 2 is 0.525 bits per heavy atom. The molecule has 0 N–H and O–H groups in total. The monoisotopic (exact) mass is 570 g/mol. The minimum Gasteiger partial charge on any atom is -0.350 e. The molecule has 4 heteroatoms. The van der Waals surface area contributed by atoms with Gasteiger partial charge in [0.15, 0.2) is 0 Å². The second-order valence-electron chi connectivity index (χ2n) is 10.1. The summed E-state index contributed by atoms with van der Waals surface area (Å²) in [4.78, 5) is 0. The van der Waals surface area contributed by atoms with Crippen LogP contribution in [0.1, 0.15) is 64.2 Å². The Morgan fingerprint density at radius 1 is 0.300 bits per heavy atom. The number of hydrogen-bond acceptors (Lipinski definition) is 2. The second-order valence-corrected chi connectivity index (χ2v) is 13.9. The molecule has 0 aliphatic carbocycles. The topological polar surface area (TPSA) is 18.5 Å². The first kappa shape index (κ1) is 30.6.